The first-order chi connectivity index (χ1) is 13.0. The van der Waals surface area contributed by atoms with Crippen molar-refractivity contribution in [2.45, 2.75) is 97.8 Å². The molecule has 0 aliphatic rings. The fourth-order valence-corrected chi connectivity index (χ4v) is 4.97. The molecule has 0 amide bonds. The first kappa shape index (κ1) is 24.2. The Morgan fingerprint density at radius 1 is 0.852 bits per heavy atom. The van der Waals surface area contributed by atoms with Gasteiger partial charge in [0.25, 0.3) is 0 Å². The summed E-state index contributed by atoms with van der Waals surface area (Å²) >= 11 is 0. The van der Waals surface area contributed by atoms with Gasteiger partial charge in [0.2, 0.25) is 0 Å². The van der Waals surface area contributed by atoms with Crippen molar-refractivity contribution in [2.24, 2.45) is 0 Å². The Labute approximate surface area is 167 Å². The minimum atomic E-state index is -3.09. The topological polar surface area (TPSA) is 35.5 Å². The summed E-state index contributed by atoms with van der Waals surface area (Å²) in [6, 6.07) is 7.89. The van der Waals surface area contributed by atoms with Crippen LogP contribution in [-0.2, 0) is 9.09 Å². The molecule has 0 bridgehead atoms. The maximum atomic E-state index is 13.3. The van der Waals surface area contributed by atoms with Crippen LogP contribution in [0.1, 0.15) is 103 Å². The monoisotopic (exact) mass is 396 g/mol. The molecule has 1 rings (SSSR count). The second kappa shape index (κ2) is 14.2. The number of hydrogen-bond acceptors (Lipinski definition) is 3. The van der Waals surface area contributed by atoms with Gasteiger partial charge in [-0.2, -0.15) is 0 Å². The summed E-state index contributed by atoms with van der Waals surface area (Å²) in [5.41, 5.74) is 1.09. The number of hydrogen-bond donors (Lipinski definition) is 0. The van der Waals surface area contributed by atoms with Crippen LogP contribution in [0.15, 0.2) is 24.3 Å². The van der Waals surface area contributed by atoms with Crippen molar-refractivity contribution in [1.82, 2.24) is 0 Å². The molecule has 1 unspecified atom stereocenters. The lowest BCUT2D eigenvalue weighted by atomic mass is 10.0. The first-order valence-electron chi connectivity index (χ1n) is 11.0. The van der Waals surface area contributed by atoms with E-state index in [1.165, 1.54) is 38.5 Å². The maximum absolute atomic E-state index is 13.3. The molecule has 0 N–H and O–H groups in total. The highest BCUT2D eigenvalue weighted by Crippen LogP contribution is 2.50. The molecule has 0 saturated heterocycles. The SMILES string of the molecule is CCCCCCCCCCOP(=O)(CCCC)Oc1ccccc1C(C)C. The summed E-state index contributed by atoms with van der Waals surface area (Å²) in [6.07, 6.45) is 12.3. The van der Waals surface area contributed by atoms with Crippen molar-refractivity contribution in [3.05, 3.63) is 29.8 Å². The molecule has 0 aromatic heterocycles. The third kappa shape index (κ3) is 10.4. The van der Waals surface area contributed by atoms with Gasteiger partial charge in [-0.15, -0.1) is 0 Å². The van der Waals surface area contributed by atoms with Crippen molar-refractivity contribution in [2.75, 3.05) is 12.8 Å². The highest BCUT2D eigenvalue weighted by molar-refractivity contribution is 7.54. The molecule has 156 valence electrons. The highest BCUT2D eigenvalue weighted by atomic mass is 31.2. The molecular formula is C23H41O3P. The molecule has 0 fully saturated rings. The average Bonchev–Trinajstić information content (AvgIpc) is 2.65. The fraction of sp³-hybridized carbons (Fsp3) is 0.739. The molecule has 0 aliphatic heterocycles. The lowest BCUT2D eigenvalue weighted by Gasteiger charge is -2.22. The van der Waals surface area contributed by atoms with Crippen LogP contribution in [0.5, 0.6) is 5.75 Å². The molecule has 1 aromatic carbocycles. The van der Waals surface area contributed by atoms with Gasteiger partial charge in [0.1, 0.15) is 5.75 Å². The van der Waals surface area contributed by atoms with Gasteiger partial charge in [-0.3, -0.25) is 4.52 Å². The van der Waals surface area contributed by atoms with Crippen LogP contribution in [0.3, 0.4) is 0 Å². The molecule has 27 heavy (non-hydrogen) atoms. The van der Waals surface area contributed by atoms with Crippen LogP contribution in [-0.4, -0.2) is 12.8 Å². The predicted octanol–water partition coefficient (Wildman–Crippen LogP) is 8.34. The van der Waals surface area contributed by atoms with Gasteiger partial charge < -0.3 is 4.52 Å². The zero-order valence-corrected chi connectivity index (χ0v) is 18.9. The summed E-state index contributed by atoms with van der Waals surface area (Å²) in [5.74, 6) is 1.04. The Morgan fingerprint density at radius 3 is 2.07 bits per heavy atom. The summed E-state index contributed by atoms with van der Waals surface area (Å²) in [4.78, 5) is 0. The van der Waals surface area contributed by atoms with Crippen molar-refractivity contribution >= 4 is 7.60 Å². The summed E-state index contributed by atoms with van der Waals surface area (Å²) in [6.45, 7) is 9.13. The van der Waals surface area contributed by atoms with E-state index in [0.717, 1.165) is 31.2 Å². The third-order valence-electron chi connectivity index (χ3n) is 4.85. The Balaban J connectivity index is 2.48. The maximum Gasteiger partial charge on any atom is 0.379 e. The van der Waals surface area contributed by atoms with Crippen LogP contribution < -0.4 is 4.52 Å². The van der Waals surface area contributed by atoms with E-state index < -0.39 is 7.60 Å². The highest BCUT2D eigenvalue weighted by Gasteiger charge is 2.26. The Bertz CT molecular complexity index is 542. The van der Waals surface area contributed by atoms with Gasteiger partial charge in [0, 0.05) is 0 Å². The van der Waals surface area contributed by atoms with Crippen LogP contribution >= 0.6 is 7.60 Å². The van der Waals surface area contributed by atoms with Crippen LogP contribution in [0, 0.1) is 0 Å². The first-order valence-corrected chi connectivity index (χ1v) is 12.8. The minimum Gasteiger partial charge on any atom is -0.424 e. The smallest absolute Gasteiger partial charge is 0.379 e. The van der Waals surface area contributed by atoms with Gasteiger partial charge in [0.15, 0.2) is 0 Å². The molecule has 0 aliphatic carbocycles. The van der Waals surface area contributed by atoms with E-state index in [1.807, 2.05) is 24.3 Å². The van der Waals surface area contributed by atoms with Crippen molar-refractivity contribution in [3.8, 4) is 5.75 Å². The Morgan fingerprint density at radius 2 is 1.44 bits per heavy atom. The summed E-state index contributed by atoms with van der Waals surface area (Å²) < 4.78 is 25.1. The number of rotatable bonds is 16. The van der Waals surface area contributed by atoms with Gasteiger partial charge in [-0.05, 0) is 30.4 Å². The molecule has 1 aromatic rings. The Hall–Kier alpha value is -0.790. The lowest BCUT2D eigenvalue weighted by molar-refractivity contribution is 0.256. The van der Waals surface area contributed by atoms with E-state index in [0.29, 0.717) is 24.4 Å². The molecule has 0 radical (unpaired) electrons. The average molecular weight is 397 g/mol. The quantitative estimate of drug-likeness (QED) is 0.208. The summed E-state index contributed by atoms with van der Waals surface area (Å²) in [5, 5.41) is 0. The van der Waals surface area contributed by atoms with Crippen LogP contribution in [0.4, 0.5) is 0 Å². The predicted molar refractivity (Wildman–Crippen MR) is 117 cm³/mol. The number of para-hydroxylation sites is 1. The van der Waals surface area contributed by atoms with Gasteiger partial charge in [-0.25, -0.2) is 4.57 Å². The molecule has 1 atom stereocenters. The molecule has 4 heteroatoms. The normalized spacial score (nSPS) is 13.7. The van der Waals surface area contributed by atoms with Crippen LogP contribution in [0.2, 0.25) is 0 Å². The molecule has 0 saturated carbocycles. The molecule has 3 nitrogen and oxygen atoms in total. The zero-order valence-electron chi connectivity index (χ0n) is 18.0. The summed E-state index contributed by atoms with van der Waals surface area (Å²) in [7, 11) is -3.09. The van der Waals surface area contributed by atoms with E-state index in [-0.39, 0.29) is 0 Å². The van der Waals surface area contributed by atoms with E-state index in [4.69, 9.17) is 9.05 Å². The number of unbranched alkanes of at least 4 members (excludes halogenated alkanes) is 8. The molecular weight excluding hydrogens is 355 g/mol. The van der Waals surface area contributed by atoms with Crippen molar-refractivity contribution < 1.29 is 13.6 Å². The fourth-order valence-electron chi connectivity index (χ4n) is 3.12. The second-order valence-corrected chi connectivity index (χ2v) is 9.89. The van der Waals surface area contributed by atoms with E-state index in [1.54, 1.807) is 0 Å². The van der Waals surface area contributed by atoms with Crippen molar-refractivity contribution in [3.63, 3.8) is 0 Å². The zero-order chi connectivity index (χ0) is 20.0. The molecule has 0 spiro atoms. The van der Waals surface area contributed by atoms with Crippen molar-refractivity contribution in [1.29, 1.82) is 0 Å². The van der Waals surface area contributed by atoms with Gasteiger partial charge in [0.05, 0.1) is 12.8 Å². The second-order valence-electron chi connectivity index (χ2n) is 7.78. The number of benzene rings is 1. The lowest BCUT2D eigenvalue weighted by Crippen LogP contribution is -2.06. The van der Waals surface area contributed by atoms with Crippen LogP contribution in [0.25, 0.3) is 0 Å². The van der Waals surface area contributed by atoms with E-state index in [9.17, 15) is 4.57 Å². The third-order valence-corrected chi connectivity index (χ3v) is 6.76. The Kier molecular flexibility index (Phi) is 12.8. The minimum absolute atomic E-state index is 0.327. The largest absolute Gasteiger partial charge is 0.424 e. The van der Waals surface area contributed by atoms with Gasteiger partial charge in [-0.1, -0.05) is 97.3 Å². The van der Waals surface area contributed by atoms with E-state index >= 15 is 0 Å². The van der Waals surface area contributed by atoms with Gasteiger partial charge >= 0.3 is 7.60 Å². The molecule has 0 heterocycles. The van der Waals surface area contributed by atoms with E-state index in [2.05, 4.69) is 27.7 Å². The standard InChI is InChI=1S/C23H41O3P/c1-5-7-9-10-11-12-13-16-19-25-27(24,20-8-6-2)26-23-18-15-14-17-22(23)21(3)4/h14-15,17-18,21H,5-13,16,19-20H2,1-4H3.